The van der Waals surface area contributed by atoms with E-state index < -0.39 is 0 Å². The summed E-state index contributed by atoms with van der Waals surface area (Å²) >= 11 is 0. The molecule has 2 unspecified atom stereocenters. The van der Waals surface area contributed by atoms with E-state index in [1.807, 2.05) is 0 Å². The molecule has 0 aromatic carbocycles. The molecule has 0 aliphatic heterocycles. The average molecular weight is 176 g/mol. The molecule has 0 saturated carbocycles. The van der Waals surface area contributed by atoms with Crippen molar-refractivity contribution in [2.24, 2.45) is 11.8 Å². The molecule has 0 aromatic heterocycles. The van der Waals surface area contributed by atoms with Crippen LogP contribution in [0.25, 0.3) is 0 Å². The van der Waals surface area contributed by atoms with Crippen LogP contribution in [0.3, 0.4) is 0 Å². The molecule has 0 aromatic rings. The molecule has 0 aliphatic rings. The summed E-state index contributed by atoms with van der Waals surface area (Å²) in [5, 5.41) is 0. The minimum Gasteiger partial charge on any atom is -0.328 e. The molecule has 66 valence electrons. The molecule has 0 spiro atoms. The van der Waals surface area contributed by atoms with Crippen molar-refractivity contribution in [3.05, 3.63) is 0 Å². The van der Waals surface area contributed by atoms with Crippen LogP contribution in [0, 0.1) is 11.8 Å². The van der Waals surface area contributed by atoms with Crippen molar-refractivity contribution < 1.29 is 29.6 Å². The monoisotopic (exact) mass is 176 g/mol. The number of rotatable bonds is 4. The van der Waals surface area contributed by atoms with Crippen molar-refractivity contribution in [3.8, 4) is 0 Å². The minimum absolute atomic E-state index is 0. The van der Waals surface area contributed by atoms with E-state index >= 15 is 0 Å². The fraction of sp³-hybridized carbons (Fsp3) is 1.00. The molecule has 0 rings (SSSR count). The summed E-state index contributed by atoms with van der Waals surface area (Å²) in [5.41, 5.74) is 0. The fourth-order valence-electron chi connectivity index (χ4n) is 0.923. The van der Waals surface area contributed by atoms with E-state index in [1.165, 1.54) is 0 Å². The van der Waals surface area contributed by atoms with Gasteiger partial charge in [-0.3, -0.25) is 0 Å². The second-order valence-corrected chi connectivity index (χ2v) is 4.40. The van der Waals surface area contributed by atoms with Crippen molar-refractivity contribution in [2.75, 3.05) is 0 Å². The van der Waals surface area contributed by atoms with Gasteiger partial charge in [-0.15, -0.1) is 0 Å². The third kappa shape index (κ3) is 6.57. The van der Waals surface area contributed by atoms with Crippen LogP contribution in [0.5, 0.6) is 0 Å². The third-order valence-corrected chi connectivity index (χ3v) is 2.71. The molecule has 2 radical (unpaired) electrons. The Hall–Kier alpha value is 1.06. The largest absolute Gasteiger partial charge is 1.00 e. The normalized spacial score (nSPS) is 16.0. The van der Waals surface area contributed by atoms with Crippen molar-refractivity contribution >= 4 is 7.28 Å². The standard InChI is InChI=1S/C10H22B.Na/c1-7(2)9(5)11-10(6)8(3)4;/h7-10H,1-6H3;/q-1;+1. The summed E-state index contributed by atoms with van der Waals surface area (Å²) in [7, 11) is 2.48. The Morgan fingerprint density at radius 1 is 0.667 bits per heavy atom. The van der Waals surface area contributed by atoms with Crippen LogP contribution in [-0.2, 0) is 0 Å². The summed E-state index contributed by atoms with van der Waals surface area (Å²) in [6, 6.07) is 0. The Balaban J connectivity index is 0. The van der Waals surface area contributed by atoms with Crippen LogP contribution in [-0.4, -0.2) is 7.28 Å². The van der Waals surface area contributed by atoms with Gasteiger partial charge >= 0.3 is 29.6 Å². The molecule has 2 atom stereocenters. The molecule has 0 nitrogen and oxygen atoms in total. The van der Waals surface area contributed by atoms with Gasteiger partial charge < -0.3 is 7.28 Å². The van der Waals surface area contributed by atoms with E-state index in [-0.39, 0.29) is 29.6 Å². The number of hydrogen-bond donors (Lipinski definition) is 0. The summed E-state index contributed by atoms with van der Waals surface area (Å²) < 4.78 is 0. The second-order valence-electron chi connectivity index (χ2n) is 4.40. The molecule has 0 bridgehead atoms. The second kappa shape index (κ2) is 7.47. The van der Waals surface area contributed by atoms with E-state index in [4.69, 9.17) is 0 Å². The Bertz CT molecular complexity index is 90.0. The Labute approximate surface area is 101 Å². The molecule has 0 amide bonds. The molecule has 0 N–H and O–H groups in total. The first-order valence-electron chi connectivity index (χ1n) is 4.80. The smallest absolute Gasteiger partial charge is 0.328 e. The van der Waals surface area contributed by atoms with Gasteiger partial charge in [-0.25, -0.2) is 11.6 Å². The topological polar surface area (TPSA) is 0 Å². The van der Waals surface area contributed by atoms with Crippen LogP contribution in [0.15, 0.2) is 0 Å². The van der Waals surface area contributed by atoms with Crippen LogP contribution in [0.2, 0.25) is 11.6 Å². The molecule has 0 fully saturated rings. The summed E-state index contributed by atoms with van der Waals surface area (Å²) in [6.07, 6.45) is 0. The molecular weight excluding hydrogens is 154 g/mol. The first-order valence-corrected chi connectivity index (χ1v) is 4.80. The molecule has 0 heterocycles. The predicted molar refractivity (Wildman–Crippen MR) is 54.3 cm³/mol. The summed E-state index contributed by atoms with van der Waals surface area (Å²) in [5.74, 6) is 3.09. The van der Waals surface area contributed by atoms with Gasteiger partial charge in [0.05, 0.1) is 0 Å². The molecule has 2 heteroatoms. The third-order valence-electron chi connectivity index (χ3n) is 2.71. The van der Waals surface area contributed by atoms with Gasteiger partial charge in [-0.1, -0.05) is 53.4 Å². The first kappa shape index (κ1) is 15.5. The van der Waals surface area contributed by atoms with Gasteiger partial charge in [0.2, 0.25) is 0 Å². The summed E-state index contributed by atoms with van der Waals surface area (Å²) in [4.78, 5) is 0. The fourth-order valence-corrected chi connectivity index (χ4v) is 0.923. The van der Waals surface area contributed by atoms with Crippen LogP contribution >= 0.6 is 0 Å². The van der Waals surface area contributed by atoms with Gasteiger partial charge in [-0.2, -0.15) is 0 Å². The number of hydrogen-bond acceptors (Lipinski definition) is 0. The SMILES string of the molecule is CC(C)C(C)[B-]C(C)C(C)C.[Na+]. The van der Waals surface area contributed by atoms with Gasteiger partial charge in [0.1, 0.15) is 0 Å². The van der Waals surface area contributed by atoms with E-state index in [0.717, 1.165) is 23.5 Å². The molecule has 12 heavy (non-hydrogen) atoms. The van der Waals surface area contributed by atoms with Gasteiger partial charge in [-0.05, 0) is 0 Å². The maximum atomic E-state index is 2.48. The van der Waals surface area contributed by atoms with E-state index in [2.05, 4.69) is 48.8 Å². The van der Waals surface area contributed by atoms with E-state index in [0.29, 0.717) is 0 Å². The summed E-state index contributed by atoms with van der Waals surface area (Å²) in [6.45, 7) is 13.8. The van der Waals surface area contributed by atoms with Gasteiger partial charge in [0.15, 0.2) is 0 Å². The quantitative estimate of drug-likeness (QED) is 0.551. The van der Waals surface area contributed by atoms with Crippen LogP contribution in [0.1, 0.15) is 41.5 Å². The zero-order chi connectivity index (χ0) is 9.02. The van der Waals surface area contributed by atoms with Gasteiger partial charge in [0.25, 0.3) is 0 Å². The van der Waals surface area contributed by atoms with Crippen molar-refractivity contribution in [2.45, 2.75) is 53.2 Å². The average Bonchev–Trinajstić information content (AvgIpc) is 1.87. The molecule has 0 aliphatic carbocycles. The van der Waals surface area contributed by atoms with Crippen LogP contribution < -0.4 is 29.6 Å². The zero-order valence-corrected chi connectivity index (χ0v) is 11.9. The van der Waals surface area contributed by atoms with Crippen molar-refractivity contribution in [3.63, 3.8) is 0 Å². The van der Waals surface area contributed by atoms with Crippen molar-refractivity contribution in [1.29, 1.82) is 0 Å². The maximum absolute atomic E-state index is 2.48. The van der Waals surface area contributed by atoms with Gasteiger partial charge in [0, 0.05) is 0 Å². The maximum Gasteiger partial charge on any atom is 1.00 e. The van der Waals surface area contributed by atoms with Crippen molar-refractivity contribution in [1.82, 2.24) is 0 Å². The van der Waals surface area contributed by atoms with E-state index in [1.54, 1.807) is 0 Å². The Morgan fingerprint density at radius 3 is 1.08 bits per heavy atom. The predicted octanol–water partition coefficient (Wildman–Crippen LogP) is 0.623. The van der Waals surface area contributed by atoms with Crippen LogP contribution in [0.4, 0.5) is 0 Å². The molecular formula is C10H22BNa. The Morgan fingerprint density at radius 2 is 0.917 bits per heavy atom. The zero-order valence-electron chi connectivity index (χ0n) is 9.89. The van der Waals surface area contributed by atoms with E-state index in [9.17, 15) is 0 Å². The molecule has 0 saturated heterocycles. The minimum atomic E-state index is 0. The first-order chi connectivity index (χ1) is 4.95. The Kier molecular flexibility index (Phi) is 9.67.